The van der Waals surface area contributed by atoms with E-state index in [1.165, 1.54) is 6.92 Å². The van der Waals surface area contributed by atoms with Crippen molar-refractivity contribution in [3.8, 4) is 0 Å². The molecule has 1 rings (SSSR count). The molecule has 1 aromatic rings. The standard InChI is InChI=1S/C8H9NO2/c1-7(10)9-5-4-8-3-2-6-11-8/h2-6H,1H3,(H,9,10)/b5-4-. The average Bonchev–Trinajstić information content (AvgIpc) is 2.39. The first kappa shape index (κ1) is 7.60. The minimum Gasteiger partial charge on any atom is -0.465 e. The summed E-state index contributed by atoms with van der Waals surface area (Å²) in [5.74, 6) is 0.631. The van der Waals surface area contributed by atoms with Crippen molar-refractivity contribution in [3.63, 3.8) is 0 Å². The zero-order chi connectivity index (χ0) is 8.10. The lowest BCUT2D eigenvalue weighted by Gasteiger charge is -1.88. The van der Waals surface area contributed by atoms with Gasteiger partial charge in [-0.05, 0) is 18.2 Å². The number of rotatable bonds is 2. The van der Waals surface area contributed by atoms with E-state index in [0.29, 0.717) is 0 Å². The van der Waals surface area contributed by atoms with Crippen LogP contribution in [0.3, 0.4) is 0 Å². The molecule has 0 radical (unpaired) electrons. The molecule has 0 saturated heterocycles. The summed E-state index contributed by atoms with van der Waals surface area (Å²) in [4.78, 5) is 10.4. The van der Waals surface area contributed by atoms with Crippen LogP contribution in [0.1, 0.15) is 12.7 Å². The molecular weight excluding hydrogens is 142 g/mol. The fourth-order valence-corrected chi connectivity index (χ4v) is 0.627. The van der Waals surface area contributed by atoms with Crippen LogP contribution in [-0.2, 0) is 4.79 Å². The molecule has 0 unspecified atom stereocenters. The van der Waals surface area contributed by atoms with Crippen LogP contribution in [0, 0.1) is 0 Å². The molecule has 1 N–H and O–H groups in total. The van der Waals surface area contributed by atoms with Crippen LogP contribution in [0.25, 0.3) is 6.08 Å². The van der Waals surface area contributed by atoms with E-state index >= 15 is 0 Å². The van der Waals surface area contributed by atoms with Crippen molar-refractivity contribution in [1.29, 1.82) is 0 Å². The minimum absolute atomic E-state index is 0.0900. The van der Waals surface area contributed by atoms with E-state index in [2.05, 4.69) is 5.32 Å². The van der Waals surface area contributed by atoms with Crippen molar-refractivity contribution < 1.29 is 9.21 Å². The monoisotopic (exact) mass is 151 g/mol. The fourth-order valence-electron chi connectivity index (χ4n) is 0.627. The van der Waals surface area contributed by atoms with Gasteiger partial charge in [0, 0.05) is 13.1 Å². The van der Waals surface area contributed by atoms with Crippen LogP contribution >= 0.6 is 0 Å². The van der Waals surface area contributed by atoms with Crippen LogP contribution in [0.2, 0.25) is 0 Å². The summed E-state index contributed by atoms with van der Waals surface area (Å²) in [5.41, 5.74) is 0. The zero-order valence-corrected chi connectivity index (χ0v) is 6.20. The Kier molecular flexibility index (Phi) is 2.49. The third kappa shape index (κ3) is 2.71. The van der Waals surface area contributed by atoms with E-state index < -0.39 is 0 Å². The van der Waals surface area contributed by atoms with Gasteiger partial charge in [-0.2, -0.15) is 0 Å². The molecule has 58 valence electrons. The second-order valence-corrected chi connectivity index (χ2v) is 2.05. The topological polar surface area (TPSA) is 42.2 Å². The normalized spacial score (nSPS) is 10.3. The average molecular weight is 151 g/mol. The first-order valence-electron chi connectivity index (χ1n) is 3.26. The molecule has 3 nitrogen and oxygen atoms in total. The molecule has 0 atom stereocenters. The minimum atomic E-state index is -0.0900. The van der Waals surface area contributed by atoms with Crippen molar-refractivity contribution >= 4 is 12.0 Å². The molecule has 1 heterocycles. The second kappa shape index (κ2) is 3.61. The highest BCUT2D eigenvalue weighted by Gasteiger charge is 1.86. The van der Waals surface area contributed by atoms with Gasteiger partial charge in [-0.3, -0.25) is 4.79 Å². The number of carbonyl (C=O) groups is 1. The van der Waals surface area contributed by atoms with Crippen LogP contribution in [0.15, 0.2) is 29.0 Å². The summed E-state index contributed by atoms with van der Waals surface area (Å²) in [6.07, 6.45) is 4.80. The maximum absolute atomic E-state index is 10.4. The Morgan fingerprint density at radius 2 is 2.55 bits per heavy atom. The molecule has 0 saturated carbocycles. The number of furan rings is 1. The van der Waals surface area contributed by atoms with Gasteiger partial charge in [-0.25, -0.2) is 0 Å². The molecule has 0 aliphatic heterocycles. The lowest BCUT2D eigenvalue weighted by Crippen LogP contribution is -2.10. The zero-order valence-electron chi connectivity index (χ0n) is 6.20. The first-order valence-corrected chi connectivity index (χ1v) is 3.26. The van der Waals surface area contributed by atoms with Gasteiger partial charge < -0.3 is 9.73 Å². The molecule has 3 heteroatoms. The predicted octanol–water partition coefficient (Wildman–Crippen LogP) is 1.39. The SMILES string of the molecule is CC(=O)N/C=C\c1ccco1. The Labute approximate surface area is 64.7 Å². The van der Waals surface area contributed by atoms with Gasteiger partial charge in [-0.1, -0.05) is 0 Å². The van der Waals surface area contributed by atoms with Crippen LogP contribution in [-0.4, -0.2) is 5.91 Å². The Morgan fingerprint density at radius 3 is 3.09 bits per heavy atom. The third-order valence-corrected chi connectivity index (χ3v) is 1.08. The molecule has 0 aliphatic rings. The molecule has 1 aromatic heterocycles. The number of nitrogens with one attached hydrogen (secondary N) is 1. The maximum atomic E-state index is 10.4. The lowest BCUT2D eigenvalue weighted by atomic mass is 10.4. The molecule has 11 heavy (non-hydrogen) atoms. The molecule has 0 bridgehead atoms. The number of hydrogen-bond donors (Lipinski definition) is 1. The Hall–Kier alpha value is -1.51. The second-order valence-electron chi connectivity index (χ2n) is 2.05. The van der Waals surface area contributed by atoms with Crippen molar-refractivity contribution in [2.45, 2.75) is 6.92 Å². The Balaban J connectivity index is 2.43. The summed E-state index contributed by atoms with van der Waals surface area (Å²) in [6.45, 7) is 1.45. The highest BCUT2D eigenvalue weighted by atomic mass is 16.3. The molecule has 0 aliphatic carbocycles. The third-order valence-electron chi connectivity index (χ3n) is 1.08. The smallest absolute Gasteiger partial charge is 0.220 e. The fraction of sp³-hybridized carbons (Fsp3) is 0.125. The van der Waals surface area contributed by atoms with Gasteiger partial charge in [0.05, 0.1) is 6.26 Å². The van der Waals surface area contributed by atoms with Gasteiger partial charge in [0.2, 0.25) is 5.91 Å². The quantitative estimate of drug-likeness (QED) is 0.693. The van der Waals surface area contributed by atoms with Crippen molar-refractivity contribution in [2.75, 3.05) is 0 Å². The van der Waals surface area contributed by atoms with E-state index in [0.717, 1.165) is 5.76 Å². The van der Waals surface area contributed by atoms with Crippen LogP contribution in [0.5, 0.6) is 0 Å². The van der Waals surface area contributed by atoms with E-state index in [-0.39, 0.29) is 5.91 Å². The summed E-state index contributed by atoms with van der Waals surface area (Å²) in [6, 6.07) is 3.59. The first-order chi connectivity index (χ1) is 5.29. The highest BCUT2D eigenvalue weighted by Crippen LogP contribution is 2.00. The largest absolute Gasteiger partial charge is 0.465 e. The van der Waals surface area contributed by atoms with E-state index in [9.17, 15) is 4.79 Å². The summed E-state index contributed by atoms with van der Waals surface area (Å²) in [7, 11) is 0. The van der Waals surface area contributed by atoms with Gasteiger partial charge >= 0.3 is 0 Å². The van der Waals surface area contributed by atoms with Crippen molar-refractivity contribution in [3.05, 3.63) is 30.4 Å². The number of hydrogen-bond acceptors (Lipinski definition) is 2. The van der Waals surface area contributed by atoms with Gasteiger partial charge in [0.1, 0.15) is 5.76 Å². The van der Waals surface area contributed by atoms with Gasteiger partial charge in [0.25, 0.3) is 0 Å². The number of carbonyl (C=O) groups excluding carboxylic acids is 1. The summed E-state index contributed by atoms with van der Waals surface area (Å²) >= 11 is 0. The van der Waals surface area contributed by atoms with E-state index in [1.807, 2.05) is 0 Å². The Bertz CT molecular complexity index is 249. The maximum Gasteiger partial charge on any atom is 0.220 e. The van der Waals surface area contributed by atoms with E-state index in [4.69, 9.17) is 4.42 Å². The van der Waals surface area contributed by atoms with Crippen LogP contribution < -0.4 is 5.32 Å². The van der Waals surface area contributed by atoms with Gasteiger partial charge in [-0.15, -0.1) is 0 Å². The van der Waals surface area contributed by atoms with Crippen molar-refractivity contribution in [1.82, 2.24) is 5.32 Å². The van der Waals surface area contributed by atoms with Crippen LogP contribution in [0.4, 0.5) is 0 Å². The van der Waals surface area contributed by atoms with Gasteiger partial charge in [0.15, 0.2) is 0 Å². The summed E-state index contributed by atoms with van der Waals surface area (Å²) in [5, 5.41) is 2.50. The molecule has 0 spiro atoms. The van der Waals surface area contributed by atoms with Crippen molar-refractivity contribution in [2.24, 2.45) is 0 Å². The predicted molar refractivity (Wildman–Crippen MR) is 41.6 cm³/mol. The highest BCUT2D eigenvalue weighted by molar-refractivity contribution is 5.74. The molecular formula is C8H9NO2. The Morgan fingerprint density at radius 1 is 1.73 bits per heavy atom. The molecule has 0 aromatic carbocycles. The summed E-state index contributed by atoms with van der Waals surface area (Å²) < 4.78 is 4.98. The van der Waals surface area contributed by atoms with E-state index in [1.54, 1.807) is 30.7 Å². The lowest BCUT2D eigenvalue weighted by molar-refractivity contribution is -0.118. The number of amides is 1. The molecule has 0 fully saturated rings. The molecule has 1 amide bonds.